The zero-order valence-corrected chi connectivity index (χ0v) is 22.8. The van der Waals surface area contributed by atoms with Crippen LogP contribution < -0.4 is 4.74 Å². The Balaban J connectivity index is 1.15. The van der Waals surface area contributed by atoms with Crippen LogP contribution in [0, 0.1) is 5.92 Å². The van der Waals surface area contributed by atoms with E-state index in [4.69, 9.17) is 4.74 Å². The third kappa shape index (κ3) is 4.91. The second-order valence-electron chi connectivity index (χ2n) is 11.8. The third-order valence-electron chi connectivity index (χ3n) is 8.90. The lowest BCUT2D eigenvalue weighted by molar-refractivity contribution is 0.0695. The molecule has 0 aliphatic heterocycles. The largest absolute Gasteiger partial charge is 0.490 e. The summed E-state index contributed by atoms with van der Waals surface area (Å²) < 4.78 is 10.2. The first-order valence-electron chi connectivity index (χ1n) is 14.7. The van der Waals surface area contributed by atoms with Gasteiger partial charge in [-0.2, -0.15) is 5.10 Å². The minimum atomic E-state index is -0.957. The third-order valence-corrected chi connectivity index (χ3v) is 8.90. The topological polar surface area (TPSA) is 95.1 Å². The molecule has 0 spiro atoms. The highest BCUT2D eigenvalue weighted by Crippen LogP contribution is 2.55. The Bertz CT molecular complexity index is 1530. The summed E-state index contributed by atoms with van der Waals surface area (Å²) in [5, 5.41) is 23.2. The summed E-state index contributed by atoms with van der Waals surface area (Å²) in [6.07, 6.45) is 13.3. The number of carbonyl (C=O) groups is 1. The molecule has 8 nitrogen and oxygen atoms in total. The monoisotopic (exact) mass is 537 g/mol. The summed E-state index contributed by atoms with van der Waals surface area (Å²) in [5.41, 5.74) is 4.85. The van der Waals surface area contributed by atoms with Gasteiger partial charge in [0.25, 0.3) is 0 Å². The summed E-state index contributed by atoms with van der Waals surface area (Å²) in [6, 6.07) is 16.9. The van der Waals surface area contributed by atoms with Gasteiger partial charge in [-0.3, -0.25) is 0 Å². The molecule has 40 heavy (non-hydrogen) atoms. The molecule has 3 saturated carbocycles. The first-order chi connectivity index (χ1) is 19.5. The summed E-state index contributed by atoms with van der Waals surface area (Å²) >= 11 is 0. The van der Waals surface area contributed by atoms with Crippen molar-refractivity contribution in [2.75, 3.05) is 0 Å². The number of ether oxygens (including phenoxy) is 1. The van der Waals surface area contributed by atoms with Crippen molar-refractivity contribution in [1.29, 1.82) is 0 Å². The first-order valence-corrected chi connectivity index (χ1v) is 14.7. The Hall–Kier alpha value is -3.94. The van der Waals surface area contributed by atoms with Crippen LogP contribution in [0.3, 0.4) is 0 Å². The maximum atomic E-state index is 12.2. The predicted octanol–water partition coefficient (Wildman–Crippen LogP) is 6.78. The zero-order valence-electron chi connectivity index (χ0n) is 22.8. The van der Waals surface area contributed by atoms with Crippen LogP contribution in [0.4, 0.5) is 0 Å². The molecule has 3 aliphatic rings. The first kappa shape index (κ1) is 25.1. The average Bonchev–Trinajstić information content (AvgIpc) is 3.90. The number of rotatable bonds is 9. The fraction of sp³-hybridized carbons (Fsp3) is 0.438. The molecular formula is C32H35N5O3. The number of carboxylic acids is 1. The summed E-state index contributed by atoms with van der Waals surface area (Å²) in [5.74, 6) is 0.742. The SMILES string of the molecule is CC(Oc1cccc(-c2cccc(-n3ncc(C(=O)O)c3[C@@H]3C[C@H]3c3cn(C4CC4)nn3)c2)c1)C1CCCCC1. The van der Waals surface area contributed by atoms with Crippen molar-refractivity contribution in [1.82, 2.24) is 24.8 Å². The zero-order chi connectivity index (χ0) is 27.2. The number of aromatic nitrogens is 5. The Labute approximate surface area is 234 Å². The van der Waals surface area contributed by atoms with Crippen molar-refractivity contribution < 1.29 is 14.6 Å². The van der Waals surface area contributed by atoms with E-state index < -0.39 is 5.97 Å². The maximum absolute atomic E-state index is 12.2. The normalized spacial score (nSPS) is 21.7. The van der Waals surface area contributed by atoms with Gasteiger partial charge in [-0.05, 0) is 80.3 Å². The molecule has 7 rings (SSSR count). The van der Waals surface area contributed by atoms with Crippen LogP contribution in [-0.4, -0.2) is 42.0 Å². The van der Waals surface area contributed by atoms with Crippen LogP contribution in [-0.2, 0) is 0 Å². The number of carboxylic acid groups (broad SMARTS) is 1. The molecule has 2 heterocycles. The van der Waals surface area contributed by atoms with Gasteiger partial charge < -0.3 is 9.84 Å². The van der Waals surface area contributed by atoms with E-state index >= 15 is 0 Å². The molecule has 2 aromatic heterocycles. The molecule has 1 N–H and O–H groups in total. The van der Waals surface area contributed by atoms with Gasteiger partial charge >= 0.3 is 5.97 Å². The van der Waals surface area contributed by atoms with Gasteiger partial charge in [0.2, 0.25) is 0 Å². The summed E-state index contributed by atoms with van der Waals surface area (Å²) in [7, 11) is 0. The lowest BCUT2D eigenvalue weighted by Crippen LogP contribution is -2.25. The van der Waals surface area contributed by atoms with Crippen LogP contribution in [0.15, 0.2) is 60.9 Å². The second-order valence-corrected chi connectivity index (χ2v) is 11.8. The highest BCUT2D eigenvalue weighted by atomic mass is 16.5. The molecule has 0 amide bonds. The lowest BCUT2D eigenvalue weighted by Gasteiger charge is -2.28. The Morgan fingerprint density at radius 3 is 2.55 bits per heavy atom. The highest BCUT2D eigenvalue weighted by Gasteiger charge is 2.46. The fourth-order valence-corrected chi connectivity index (χ4v) is 6.37. The van der Waals surface area contributed by atoms with Gasteiger partial charge in [-0.25, -0.2) is 14.2 Å². The Morgan fingerprint density at radius 1 is 1.00 bits per heavy atom. The van der Waals surface area contributed by atoms with Gasteiger partial charge in [0.15, 0.2) is 0 Å². The van der Waals surface area contributed by atoms with Crippen molar-refractivity contribution in [3.63, 3.8) is 0 Å². The van der Waals surface area contributed by atoms with Crippen LogP contribution >= 0.6 is 0 Å². The molecule has 0 radical (unpaired) electrons. The van der Waals surface area contributed by atoms with Crippen molar-refractivity contribution in [3.05, 3.63) is 77.9 Å². The van der Waals surface area contributed by atoms with E-state index in [0.29, 0.717) is 12.0 Å². The second kappa shape index (κ2) is 10.2. The number of aromatic carboxylic acids is 1. The smallest absolute Gasteiger partial charge is 0.339 e. The number of hydrogen-bond donors (Lipinski definition) is 1. The Kier molecular flexibility index (Phi) is 6.41. The van der Waals surface area contributed by atoms with E-state index in [9.17, 15) is 9.90 Å². The Morgan fingerprint density at radius 2 is 1.77 bits per heavy atom. The van der Waals surface area contributed by atoms with Gasteiger partial charge in [-0.1, -0.05) is 48.7 Å². The van der Waals surface area contributed by atoms with Gasteiger partial charge in [-0.15, -0.1) is 5.10 Å². The van der Waals surface area contributed by atoms with Gasteiger partial charge in [0.05, 0.1) is 35.4 Å². The number of hydrogen-bond acceptors (Lipinski definition) is 5. The van der Waals surface area contributed by atoms with Crippen LogP contribution in [0.2, 0.25) is 0 Å². The number of benzene rings is 2. The lowest BCUT2D eigenvalue weighted by atomic mass is 9.86. The molecule has 0 saturated heterocycles. The van der Waals surface area contributed by atoms with Crippen LogP contribution in [0.1, 0.15) is 97.9 Å². The molecule has 4 aromatic rings. The predicted molar refractivity (Wildman–Crippen MR) is 151 cm³/mol. The van der Waals surface area contributed by atoms with Gasteiger partial charge in [0, 0.05) is 18.0 Å². The highest BCUT2D eigenvalue weighted by molar-refractivity contribution is 5.89. The molecule has 0 bridgehead atoms. The van der Waals surface area contributed by atoms with Crippen molar-refractivity contribution in [2.24, 2.45) is 5.92 Å². The van der Waals surface area contributed by atoms with Gasteiger partial charge in [0.1, 0.15) is 11.3 Å². The van der Waals surface area contributed by atoms with E-state index in [0.717, 1.165) is 53.2 Å². The van der Waals surface area contributed by atoms with E-state index in [1.54, 1.807) is 4.68 Å². The molecule has 3 fully saturated rings. The van der Waals surface area contributed by atoms with E-state index in [-0.39, 0.29) is 23.5 Å². The van der Waals surface area contributed by atoms with E-state index in [1.165, 1.54) is 38.3 Å². The average molecular weight is 538 g/mol. The van der Waals surface area contributed by atoms with Crippen molar-refractivity contribution >= 4 is 5.97 Å². The van der Waals surface area contributed by atoms with E-state index in [2.05, 4.69) is 46.6 Å². The van der Waals surface area contributed by atoms with Crippen LogP contribution in [0.5, 0.6) is 5.75 Å². The molecule has 3 aliphatic carbocycles. The standard InChI is InChI=1S/C32H35N5O3/c1-20(21-7-3-2-4-8-21)40-26-12-6-10-23(16-26)22-9-5-11-25(15-22)37-31(29(18-33-37)32(38)39)28-17-27(28)30-19-36(35-34-30)24-13-14-24/h5-6,9-12,15-16,18-21,24,27-28H,2-4,7-8,13-14,17H2,1H3,(H,38,39)/t20?,27-,28-/m1/s1. The molecule has 8 heteroatoms. The molecule has 206 valence electrons. The molecule has 1 unspecified atom stereocenters. The minimum absolute atomic E-state index is 0.0413. The molecule has 2 aromatic carbocycles. The molecular weight excluding hydrogens is 502 g/mol. The van der Waals surface area contributed by atoms with Crippen molar-refractivity contribution in [3.8, 4) is 22.6 Å². The van der Waals surface area contributed by atoms with E-state index in [1.807, 2.05) is 35.1 Å². The maximum Gasteiger partial charge on any atom is 0.339 e. The minimum Gasteiger partial charge on any atom is -0.490 e. The quantitative estimate of drug-likeness (QED) is 0.253. The van der Waals surface area contributed by atoms with Crippen molar-refractivity contribution in [2.45, 2.75) is 82.3 Å². The number of nitrogens with zero attached hydrogens (tertiary/aromatic N) is 5. The van der Waals surface area contributed by atoms with Crippen LogP contribution in [0.25, 0.3) is 16.8 Å². The summed E-state index contributed by atoms with van der Waals surface area (Å²) in [4.78, 5) is 12.2. The molecule has 3 atom stereocenters. The fourth-order valence-electron chi connectivity index (χ4n) is 6.37. The summed E-state index contributed by atoms with van der Waals surface area (Å²) in [6.45, 7) is 2.19.